The SMILES string of the molecule is CC/C=C\C/C=C\C/C=C\C/C=C\C/C=C\C/C=C\C/C=C\C/C=C\C/C=C\C/C=C\C/C=C\CCCCCCCCCC(=O)NC(COC1OC(CO)C(OC2OC(CO)C(OC3OC(CO)C(O)C(O)C3O)C(O)C2O)C(O)C1O)C(O)/C=C/CCCCCCCCCCCCCCCCCCCCCCCCCCCCCCCC. The highest BCUT2D eigenvalue weighted by Crippen LogP contribution is 2.34. The first-order chi connectivity index (χ1) is 57.8. The second kappa shape index (κ2) is 76.3. The molecule has 0 saturated carbocycles. The molecule has 118 heavy (non-hydrogen) atoms. The van der Waals surface area contributed by atoms with Crippen molar-refractivity contribution in [2.75, 3.05) is 26.4 Å². The Morgan fingerprint density at radius 3 is 0.915 bits per heavy atom. The number of amides is 1. The van der Waals surface area contributed by atoms with Crippen molar-refractivity contribution in [1.82, 2.24) is 5.32 Å². The highest BCUT2D eigenvalue weighted by atomic mass is 16.8. The molecule has 0 spiro atoms. The fraction of sp³-hybridized carbons (Fsp3) is 0.747. The molecule has 0 aromatic carbocycles. The van der Waals surface area contributed by atoms with Crippen LogP contribution in [0, 0.1) is 0 Å². The Morgan fingerprint density at radius 1 is 0.314 bits per heavy atom. The molecule has 19 nitrogen and oxygen atoms in total. The molecule has 3 heterocycles. The molecule has 3 aliphatic rings. The quantitative estimate of drug-likeness (QED) is 0.0199. The molecule has 19 heteroatoms. The van der Waals surface area contributed by atoms with Crippen molar-refractivity contribution in [3.8, 4) is 0 Å². The van der Waals surface area contributed by atoms with Gasteiger partial charge in [-0.1, -0.05) is 378 Å². The number of carbonyl (C=O) groups is 1. The van der Waals surface area contributed by atoms with Crippen LogP contribution in [0.3, 0.4) is 0 Å². The number of hydrogen-bond acceptors (Lipinski definition) is 18. The predicted molar refractivity (Wildman–Crippen MR) is 479 cm³/mol. The van der Waals surface area contributed by atoms with Gasteiger partial charge in [-0.2, -0.15) is 0 Å². The topological polar surface area (TPSA) is 307 Å². The molecule has 0 radical (unpaired) electrons. The molecule has 17 atom stereocenters. The molecule has 0 aromatic heterocycles. The van der Waals surface area contributed by atoms with Crippen molar-refractivity contribution in [2.24, 2.45) is 0 Å². The molecular formula is C99H169NO18. The minimum absolute atomic E-state index is 0.222. The zero-order valence-electron chi connectivity index (χ0n) is 73.3. The number of aliphatic hydroxyl groups is 11. The summed E-state index contributed by atoms with van der Waals surface area (Å²) in [6.45, 7) is 1.64. The van der Waals surface area contributed by atoms with Crippen LogP contribution in [0.2, 0.25) is 0 Å². The second-order valence-corrected chi connectivity index (χ2v) is 32.7. The number of rotatable bonds is 75. The van der Waals surface area contributed by atoms with E-state index in [1.807, 2.05) is 6.08 Å². The average Bonchev–Trinajstić information content (AvgIpc) is 0.777. The van der Waals surface area contributed by atoms with Gasteiger partial charge in [0.05, 0.1) is 38.6 Å². The summed E-state index contributed by atoms with van der Waals surface area (Å²) in [6, 6.07) is -0.992. The van der Waals surface area contributed by atoms with Gasteiger partial charge >= 0.3 is 0 Å². The van der Waals surface area contributed by atoms with E-state index < -0.39 is 124 Å². The summed E-state index contributed by atoms with van der Waals surface area (Å²) in [5.74, 6) is -0.288. The number of nitrogens with one attached hydrogen (secondary N) is 1. The first-order valence-corrected chi connectivity index (χ1v) is 47.1. The molecule has 3 fully saturated rings. The van der Waals surface area contributed by atoms with Crippen LogP contribution < -0.4 is 5.32 Å². The third-order valence-electron chi connectivity index (χ3n) is 22.4. The lowest BCUT2D eigenvalue weighted by Gasteiger charge is -2.48. The van der Waals surface area contributed by atoms with Crippen molar-refractivity contribution in [3.05, 3.63) is 146 Å². The molecule has 678 valence electrons. The van der Waals surface area contributed by atoms with Crippen LogP contribution in [0.15, 0.2) is 146 Å². The van der Waals surface area contributed by atoms with Gasteiger partial charge in [-0.25, -0.2) is 0 Å². The van der Waals surface area contributed by atoms with E-state index in [-0.39, 0.29) is 18.9 Å². The molecule has 0 aromatic rings. The Morgan fingerprint density at radius 2 is 0.585 bits per heavy atom. The largest absolute Gasteiger partial charge is 0.394 e. The second-order valence-electron chi connectivity index (χ2n) is 32.7. The van der Waals surface area contributed by atoms with Gasteiger partial charge in [-0.3, -0.25) is 4.79 Å². The van der Waals surface area contributed by atoms with E-state index in [4.69, 9.17) is 28.4 Å². The standard InChI is InChI=1S/C99H169NO18/c1-3-5-7-9-11-13-15-17-19-21-23-25-27-29-31-33-35-37-38-39-40-41-42-43-44-45-47-49-51-53-55-57-59-61-63-65-67-69-71-73-75-77-87(105)100-82(83(104)76-74-72-70-68-66-64-62-60-58-56-54-52-50-48-46-36-34-32-30-28-26-24-22-20-18-16-14-12-10-8-6-4-2)81-113-97-93(111)90(108)95(85(79-102)115-97)118-99-94(112)91(109)96(86(80-103)116-99)117-98-92(110)89(107)88(106)84(78-101)114-98/h5,7,11,13,17,19,23,25,29,31,35,37,39-40,42-43,45,47,51,53,57,59,74,76,82-86,88-99,101-104,106-112H,3-4,6,8-10,12,14-16,18,20-22,24,26-28,30,32-34,36,38,41,44,46,48-50,52,54-56,58,60-73,75,77-81H2,1-2H3,(H,100,105)/b7-5-,13-11-,19-17-,25-23-,31-29-,37-35-,40-39-,43-42-,47-45-,53-51-,59-57-,76-74+. The number of carbonyl (C=O) groups excluding carboxylic acids is 1. The number of hydrogen-bond donors (Lipinski definition) is 12. The maximum Gasteiger partial charge on any atom is 0.220 e. The van der Waals surface area contributed by atoms with E-state index in [1.54, 1.807) is 6.08 Å². The van der Waals surface area contributed by atoms with Crippen LogP contribution in [0.25, 0.3) is 0 Å². The van der Waals surface area contributed by atoms with Crippen molar-refractivity contribution in [2.45, 2.75) is 446 Å². The normalized spacial score (nSPS) is 25.0. The third-order valence-corrected chi connectivity index (χ3v) is 22.4. The van der Waals surface area contributed by atoms with Crippen molar-refractivity contribution >= 4 is 5.91 Å². The summed E-state index contributed by atoms with van der Waals surface area (Å²) in [5, 5.41) is 121. The first-order valence-electron chi connectivity index (χ1n) is 47.1. The van der Waals surface area contributed by atoms with E-state index in [9.17, 15) is 61.0 Å². The van der Waals surface area contributed by atoms with Crippen LogP contribution in [0.1, 0.15) is 341 Å². The Bertz CT molecular complexity index is 2700. The van der Waals surface area contributed by atoms with Gasteiger partial charge in [-0.15, -0.1) is 0 Å². The van der Waals surface area contributed by atoms with Gasteiger partial charge in [0.1, 0.15) is 73.2 Å². The highest BCUT2D eigenvalue weighted by molar-refractivity contribution is 5.76. The molecular weight excluding hydrogens is 1490 g/mol. The van der Waals surface area contributed by atoms with E-state index >= 15 is 0 Å². The number of unbranched alkanes of at least 4 members (excludes halogenated alkanes) is 37. The fourth-order valence-electron chi connectivity index (χ4n) is 15.0. The first kappa shape index (κ1) is 108. The molecule has 1 amide bonds. The van der Waals surface area contributed by atoms with Crippen molar-refractivity contribution in [3.63, 3.8) is 0 Å². The predicted octanol–water partition coefficient (Wildman–Crippen LogP) is 18.9. The molecule has 3 saturated heterocycles. The minimum atomic E-state index is -1.99. The average molecular weight is 1660 g/mol. The monoisotopic (exact) mass is 1660 g/mol. The Labute approximate surface area is 714 Å². The van der Waals surface area contributed by atoms with E-state index in [0.717, 1.165) is 141 Å². The van der Waals surface area contributed by atoms with Crippen molar-refractivity contribution in [1.29, 1.82) is 0 Å². The van der Waals surface area contributed by atoms with Gasteiger partial charge in [0, 0.05) is 6.42 Å². The van der Waals surface area contributed by atoms with Gasteiger partial charge < -0.3 is 89.9 Å². The lowest BCUT2D eigenvalue weighted by atomic mass is 9.96. The molecule has 3 rings (SSSR count). The van der Waals surface area contributed by atoms with Crippen LogP contribution in [-0.4, -0.2) is 193 Å². The summed E-state index contributed by atoms with van der Waals surface area (Å²) in [7, 11) is 0. The smallest absolute Gasteiger partial charge is 0.220 e. The van der Waals surface area contributed by atoms with Crippen LogP contribution in [-0.2, 0) is 33.2 Å². The molecule has 12 N–H and O–H groups in total. The molecule has 17 unspecified atom stereocenters. The lowest BCUT2D eigenvalue weighted by molar-refractivity contribution is -0.379. The summed E-state index contributed by atoms with van der Waals surface area (Å²) >= 11 is 0. The van der Waals surface area contributed by atoms with Crippen LogP contribution in [0.5, 0.6) is 0 Å². The lowest BCUT2D eigenvalue weighted by Crippen LogP contribution is -2.66. The summed E-state index contributed by atoms with van der Waals surface area (Å²) in [4.78, 5) is 13.5. The zero-order valence-corrected chi connectivity index (χ0v) is 73.3. The number of aliphatic hydroxyl groups excluding tert-OH is 11. The number of allylic oxidation sites excluding steroid dienone is 23. The molecule has 0 bridgehead atoms. The Balaban J connectivity index is 1.33. The van der Waals surface area contributed by atoms with Crippen LogP contribution >= 0.6 is 0 Å². The number of ether oxygens (including phenoxy) is 6. The van der Waals surface area contributed by atoms with Gasteiger partial charge in [0.15, 0.2) is 18.9 Å². The summed E-state index contributed by atoms with van der Waals surface area (Å²) in [6.07, 6.45) is 85.6. The zero-order chi connectivity index (χ0) is 85.2. The van der Waals surface area contributed by atoms with E-state index in [2.05, 4.69) is 153 Å². The maximum atomic E-state index is 13.5. The van der Waals surface area contributed by atoms with Crippen molar-refractivity contribution < 1.29 is 89.4 Å². The Kier molecular flexibility index (Phi) is 69.8. The molecule has 0 aliphatic carbocycles. The third kappa shape index (κ3) is 53.6. The van der Waals surface area contributed by atoms with Gasteiger partial charge in [-0.05, 0) is 103 Å². The van der Waals surface area contributed by atoms with E-state index in [1.165, 1.54) is 173 Å². The summed E-state index contributed by atoms with van der Waals surface area (Å²) < 4.78 is 34.5. The highest BCUT2D eigenvalue weighted by Gasteiger charge is 2.54. The molecule has 3 aliphatic heterocycles. The maximum absolute atomic E-state index is 13.5. The van der Waals surface area contributed by atoms with Gasteiger partial charge in [0.2, 0.25) is 5.91 Å². The minimum Gasteiger partial charge on any atom is -0.394 e. The van der Waals surface area contributed by atoms with Crippen LogP contribution in [0.4, 0.5) is 0 Å². The van der Waals surface area contributed by atoms with Gasteiger partial charge in [0.25, 0.3) is 0 Å². The summed E-state index contributed by atoms with van der Waals surface area (Å²) in [5.41, 5.74) is 0. The Hall–Kier alpha value is -4.33. The van der Waals surface area contributed by atoms with E-state index in [0.29, 0.717) is 6.42 Å². The fourth-order valence-corrected chi connectivity index (χ4v) is 15.0.